The van der Waals surface area contributed by atoms with Gasteiger partial charge in [-0.25, -0.2) is 0 Å². The number of hydrogen-bond donors (Lipinski definition) is 1. The van der Waals surface area contributed by atoms with Crippen molar-refractivity contribution in [1.29, 1.82) is 0 Å². The van der Waals surface area contributed by atoms with E-state index >= 15 is 0 Å². The molecule has 1 aliphatic carbocycles. The van der Waals surface area contributed by atoms with E-state index in [2.05, 4.69) is 19.0 Å². The fourth-order valence-electron chi connectivity index (χ4n) is 2.88. The second-order valence-electron chi connectivity index (χ2n) is 5.73. The molecule has 0 bridgehead atoms. The number of carbonyl (C=O) groups excluding carboxylic acids is 1. The van der Waals surface area contributed by atoms with E-state index in [0.717, 1.165) is 18.6 Å². The average Bonchev–Trinajstić information content (AvgIpc) is 2.44. The van der Waals surface area contributed by atoms with Crippen molar-refractivity contribution in [2.75, 3.05) is 12.4 Å². The third-order valence-electron chi connectivity index (χ3n) is 3.72. The summed E-state index contributed by atoms with van der Waals surface area (Å²) in [6.07, 6.45) is 3.56. The number of nitrogens with zero attached hydrogens (tertiary/aromatic N) is 1. The van der Waals surface area contributed by atoms with Gasteiger partial charge in [0.25, 0.3) is 0 Å². The number of Topliss-reactive ketones (excluding diaryl/α,β-unsaturated/α-hetero) is 1. The van der Waals surface area contributed by atoms with Gasteiger partial charge >= 0.3 is 29.6 Å². The maximum atomic E-state index is 12.5. The molecule has 1 N–H and O–H groups in total. The monoisotopic (exact) mass is 351 g/mol. The van der Waals surface area contributed by atoms with Crippen molar-refractivity contribution < 1.29 is 45.7 Å². The van der Waals surface area contributed by atoms with Crippen LogP contribution in [-0.4, -0.2) is 34.2 Å². The summed E-state index contributed by atoms with van der Waals surface area (Å²) in [6.45, 7) is 8.67. The minimum atomic E-state index is 0. The molecule has 0 radical (unpaired) electrons. The maximum absolute atomic E-state index is 12.5. The van der Waals surface area contributed by atoms with Gasteiger partial charge in [-0.15, -0.1) is 0 Å². The molecule has 1 rings (SSSR count). The summed E-state index contributed by atoms with van der Waals surface area (Å²) < 4.78 is 0. The second-order valence-corrected chi connectivity index (χ2v) is 7.44. The van der Waals surface area contributed by atoms with Gasteiger partial charge in [0.1, 0.15) is 12.4 Å². The Kier molecular flexibility index (Phi) is 12.4. The number of hydrogen-bond acceptors (Lipinski definition) is 5. The Balaban J connectivity index is 0. The van der Waals surface area contributed by atoms with Gasteiger partial charge in [-0.3, -0.25) is 4.79 Å². The Bertz CT molecular complexity index is 444. The average molecular weight is 351 g/mol. The number of thioether (sulfide) groups is 1. The van der Waals surface area contributed by atoms with Crippen LogP contribution >= 0.6 is 11.8 Å². The summed E-state index contributed by atoms with van der Waals surface area (Å²) in [6, 6.07) is 0. The molecule has 2 atom stereocenters. The quantitative estimate of drug-likeness (QED) is 0.390. The molecule has 0 amide bonds. The molecule has 0 fully saturated rings. The van der Waals surface area contributed by atoms with Crippen LogP contribution in [-0.2, 0) is 9.63 Å². The normalized spacial score (nSPS) is 20.3. The van der Waals surface area contributed by atoms with Crippen LogP contribution in [0.4, 0.5) is 0 Å². The number of aliphatic hydroxyl groups is 1. The largest absolute Gasteiger partial charge is 1.00 e. The SMILES string of the molecule is CCCC(=NOCC)C1=C(O)CC(CC(C)SCC)CC1=O.[H-].[Na+]. The third-order valence-corrected chi connectivity index (χ3v) is 4.81. The summed E-state index contributed by atoms with van der Waals surface area (Å²) in [7, 11) is 0. The summed E-state index contributed by atoms with van der Waals surface area (Å²) in [5.74, 6) is 1.52. The zero-order valence-corrected chi connectivity index (χ0v) is 18.0. The van der Waals surface area contributed by atoms with Gasteiger partial charge in [0.2, 0.25) is 0 Å². The van der Waals surface area contributed by atoms with Crippen molar-refractivity contribution in [3.05, 3.63) is 11.3 Å². The van der Waals surface area contributed by atoms with E-state index in [1.54, 1.807) is 0 Å². The van der Waals surface area contributed by atoms with Crippen molar-refractivity contribution in [2.24, 2.45) is 11.1 Å². The Labute approximate surface area is 168 Å². The van der Waals surface area contributed by atoms with Crippen molar-refractivity contribution in [3.8, 4) is 0 Å². The van der Waals surface area contributed by atoms with Crippen LogP contribution in [0.1, 0.15) is 61.2 Å². The van der Waals surface area contributed by atoms with Gasteiger partial charge in [0.15, 0.2) is 5.78 Å². The molecule has 6 heteroatoms. The first-order chi connectivity index (χ1) is 10.5. The Hall–Kier alpha value is 0.0300. The molecule has 0 saturated carbocycles. The molecule has 4 nitrogen and oxygen atoms in total. The van der Waals surface area contributed by atoms with E-state index in [-0.39, 0.29) is 48.4 Å². The standard InChI is InChI=1S/C17H29NO3S.Na.H/c1-5-8-14(18-21-6-2)17-15(19)10-13(11-16(17)20)9-12(4)22-7-3;;/h12-13,19H,5-11H2,1-4H3;;/q;+1;-1. The van der Waals surface area contributed by atoms with Gasteiger partial charge < -0.3 is 11.4 Å². The van der Waals surface area contributed by atoms with Crippen molar-refractivity contribution >= 4 is 23.3 Å². The van der Waals surface area contributed by atoms with Gasteiger partial charge in [-0.1, -0.05) is 32.3 Å². The molecule has 0 spiro atoms. The molecule has 2 unspecified atom stereocenters. The molecule has 0 heterocycles. The zero-order valence-electron chi connectivity index (χ0n) is 16.2. The molecule has 128 valence electrons. The van der Waals surface area contributed by atoms with E-state index in [4.69, 9.17) is 4.84 Å². The van der Waals surface area contributed by atoms with Crippen LogP contribution in [0.3, 0.4) is 0 Å². The molecule has 0 aliphatic heterocycles. The molecule has 1 aliphatic rings. The van der Waals surface area contributed by atoms with Gasteiger partial charge in [-0.2, -0.15) is 11.8 Å². The van der Waals surface area contributed by atoms with Crippen LogP contribution in [0.15, 0.2) is 16.5 Å². The van der Waals surface area contributed by atoms with Crippen molar-refractivity contribution in [1.82, 2.24) is 0 Å². The first-order valence-electron chi connectivity index (χ1n) is 8.29. The van der Waals surface area contributed by atoms with Crippen LogP contribution in [0.2, 0.25) is 0 Å². The molecule has 23 heavy (non-hydrogen) atoms. The van der Waals surface area contributed by atoms with Crippen molar-refractivity contribution in [2.45, 2.75) is 65.0 Å². The molecule has 0 aromatic heterocycles. The van der Waals surface area contributed by atoms with Crippen LogP contribution in [0.25, 0.3) is 0 Å². The summed E-state index contributed by atoms with van der Waals surface area (Å²) in [4.78, 5) is 17.6. The molecular formula is C17H30NNaO3S. The Morgan fingerprint density at radius 2 is 2.13 bits per heavy atom. The number of carbonyl (C=O) groups is 1. The minimum absolute atomic E-state index is 0. The number of rotatable bonds is 9. The van der Waals surface area contributed by atoms with Gasteiger partial charge in [0, 0.05) is 18.1 Å². The Morgan fingerprint density at radius 1 is 1.43 bits per heavy atom. The number of oxime groups is 1. The van der Waals surface area contributed by atoms with Crippen LogP contribution in [0, 0.1) is 5.92 Å². The van der Waals surface area contributed by atoms with E-state index in [0.29, 0.717) is 42.4 Å². The molecular weight excluding hydrogens is 321 g/mol. The summed E-state index contributed by atoms with van der Waals surface area (Å²) >= 11 is 1.90. The zero-order chi connectivity index (χ0) is 16.5. The van der Waals surface area contributed by atoms with Crippen LogP contribution < -0.4 is 29.6 Å². The maximum Gasteiger partial charge on any atom is 1.00 e. The van der Waals surface area contributed by atoms with Crippen molar-refractivity contribution in [3.63, 3.8) is 0 Å². The fraction of sp³-hybridized carbons (Fsp3) is 0.765. The fourth-order valence-corrected chi connectivity index (χ4v) is 3.86. The molecule has 0 aromatic rings. The number of aliphatic hydroxyl groups excluding tert-OH is 1. The van der Waals surface area contributed by atoms with Gasteiger partial charge in [-0.05, 0) is 31.4 Å². The molecule has 0 saturated heterocycles. The van der Waals surface area contributed by atoms with E-state index in [1.165, 1.54) is 0 Å². The minimum Gasteiger partial charge on any atom is -1.00 e. The Morgan fingerprint density at radius 3 is 2.65 bits per heavy atom. The van der Waals surface area contributed by atoms with E-state index in [9.17, 15) is 9.90 Å². The summed E-state index contributed by atoms with van der Waals surface area (Å²) in [5.41, 5.74) is 1.00. The number of allylic oxidation sites excluding steroid dienone is 2. The first kappa shape index (κ1) is 23.0. The smallest absolute Gasteiger partial charge is 1.00 e. The van der Waals surface area contributed by atoms with Gasteiger partial charge in [0.05, 0.1) is 11.3 Å². The predicted octanol–water partition coefficient (Wildman–Crippen LogP) is 1.62. The van der Waals surface area contributed by atoms with Crippen LogP contribution in [0.5, 0.6) is 0 Å². The van der Waals surface area contributed by atoms with E-state index < -0.39 is 0 Å². The predicted molar refractivity (Wildman–Crippen MR) is 94.7 cm³/mol. The summed E-state index contributed by atoms with van der Waals surface area (Å²) in [5, 5.41) is 14.9. The topological polar surface area (TPSA) is 58.9 Å². The number of ketones is 1. The molecule has 0 aromatic carbocycles. The first-order valence-corrected chi connectivity index (χ1v) is 9.34. The second kappa shape index (κ2) is 12.4. The van der Waals surface area contributed by atoms with E-state index in [1.807, 2.05) is 25.6 Å². The third kappa shape index (κ3) is 7.63.